The number of thiazole rings is 1. The normalized spacial score (nSPS) is 15.4. The molecule has 0 atom stereocenters. The molecule has 2 N–H and O–H groups in total. The van der Waals surface area contributed by atoms with Crippen molar-refractivity contribution in [3.05, 3.63) is 10.6 Å². The first-order valence-electron chi connectivity index (χ1n) is 3.68. The van der Waals surface area contributed by atoms with Crippen molar-refractivity contribution in [1.29, 1.82) is 5.26 Å². The third-order valence-electron chi connectivity index (χ3n) is 1.89. The minimum Gasteiger partial charge on any atom is -0.375 e. The molecule has 4 nitrogen and oxygen atoms in total. The molecule has 0 aliphatic carbocycles. The van der Waals surface area contributed by atoms with Gasteiger partial charge >= 0.3 is 0 Å². The van der Waals surface area contributed by atoms with E-state index in [-0.39, 0.29) is 0 Å². The summed E-state index contributed by atoms with van der Waals surface area (Å²) in [5.74, 6) is 0. The van der Waals surface area contributed by atoms with Gasteiger partial charge in [0.2, 0.25) is 0 Å². The molecular weight excluding hydrogens is 172 g/mol. The number of hydrogen-bond donors (Lipinski definition) is 1. The first-order chi connectivity index (χ1) is 5.79. The maximum atomic E-state index is 8.65. The number of nitrogens with zero attached hydrogens (tertiary/aromatic N) is 3. The van der Waals surface area contributed by atoms with Crippen LogP contribution >= 0.6 is 11.3 Å². The molecular formula is C7H8N4S. The molecule has 0 fully saturated rings. The molecule has 0 saturated heterocycles. The number of hydrogen-bond acceptors (Lipinski definition) is 5. The van der Waals surface area contributed by atoms with Crippen molar-refractivity contribution in [1.82, 2.24) is 9.88 Å². The topological polar surface area (TPSA) is 65.9 Å². The molecule has 1 aliphatic rings. The van der Waals surface area contributed by atoms with E-state index in [2.05, 4.69) is 11.2 Å². The van der Waals surface area contributed by atoms with E-state index in [1.807, 2.05) is 0 Å². The number of rotatable bonds is 0. The fourth-order valence-electron chi connectivity index (χ4n) is 1.30. The molecule has 0 saturated carbocycles. The maximum absolute atomic E-state index is 8.65. The van der Waals surface area contributed by atoms with Crippen molar-refractivity contribution in [2.75, 3.05) is 12.3 Å². The predicted octanol–water partition coefficient (Wildman–Crippen LogP) is 0.564. The van der Waals surface area contributed by atoms with Crippen molar-refractivity contribution in [3.63, 3.8) is 0 Å². The zero-order valence-electron chi connectivity index (χ0n) is 6.45. The Bertz CT molecular complexity index is 338. The summed E-state index contributed by atoms with van der Waals surface area (Å²) in [6, 6.07) is 0. The SMILES string of the molecule is N#CN1CCc2nc(N)sc2C1. The molecule has 2 rings (SSSR count). The van der Waals surface area contributed by atoms with Crippen LogP contribution in [0.2, 0.25) is 0 Å². The molecule has 5 heteroatoms. The van der Waals surface area contributed by atoms with Gasteiger partial charge in [0, 0.05) is 17.8 Å². The summed E-state index contributed by atoms with van der Waals surface area (Å²) in [4.78, 5) is 7.04. The molecule has 0 unspecified atom stereocenters. The van der Waals surface area contributed by atoms with Crippen LogP contribution in [0.15, 0.2) is 0 Å². The first kappa shape index (κ1) is 7.37. The zero-order chi connectivity index (χ0) is 8.55. The van der Waals surface area contributed by atoms with Gasteiger partial charge in [-0.15, -0.1) is 11.3 Å². The molecule has 0 radical (unpaired) electrons. The van der Waals surface area contributed by atoms with E-state index in [0.29, 0.717) is 11.7 Å². The van der Waals surface area contributed by atoms with Gasteiger partial charge in [-0.05, 0) is 0 Å². The van der Waals surface area contributed by atoms with Gasteiger partial charge in [0.25, 0.3) is 0 Å². The van der Waals surface area contributed by atoms with Crippen LogP contribution in [0, 0.1) is 11.5 Å². The molecule has 1 aromatic heterocycles. The van der Waals surface area contributed by atoms with Crippen molar-refractivity contribution in [2.45, 2.75) is 13.0 Å². The lowest BCUT2D eigenvalue weighted by Crippen LogP contribution is -2.25. The van der Waals surface area contributed by atoms with Crippen molar-refractivity contribution < 1.29 is 0 Å². The lowest BCUT2D eigenvalue weighted by molar-refractivity contribution is 0.370. The summed E-state index contributed by atoms with van der Waals surface area (Å²) in [7, 11) is 0. The molecule has 62 valence electrons. The molecule has 0 bridgehead atoms. The highest BCUT2D eigenvalue weighted by atomic mass is 32.1. The summed E-state index contributed by atoms with van der Waals surface area (Å²) in [6.07, 6.45) is 2.97. The minimum atomic E-state index is 0.611. The average molecular weight is 180 g/mol. The number of anilines is 1. The monoisotopic (exact) mass is 180 g/mol. The van der Waals surface area contributed by atoms with Crippen molar-refractivity contribution in [2.24, 2.45) is 0 Å². The van der Waals surface area contributed by atoms with Gasteiger partial charge in [-0.2, -0.15) is 5.26 Å². The number of nitrogens with two attached hydrogens (primary N) is 1. The van der Waals surface area contributed by atoms with Gasteiger partial charge in [-0.3, -0.25) is 0 Å². The van der Waals surface area contributed by atoms with Crippen molar-refractivity contribution in [3.8, 4) is 6.19 Å². The van der Waals surface area contributed by atoms with Crippen molar-refractivity contribution >= 4 is 16.5 Å². The third kappa shape index (κ3) is 1.10. The third-order valence-corrected chi connectivity index (χ3v) is 2.80. The Labute approximate surface area is 74.2 Å². The zero-order valence-corrected chi connectivity index (χ0v) is 7.27. The molecule has 0 aromatic carbocycles. The second-order valence-electron chi connectivity index (χ2n) is 2.69. The van der Waals surface area contributed by atoms with Gasteiger partial charge < -0.3 is 10.6 Å². The fourth-order valence-corrected chi connectivity index (χ4v) is 2.19. The van der Waals surface area contributed by atoms with Gasteiger partial charge in [0.05, 0.1) is 12.2 Å². The van der Waals surface area contributed by atoms with Crippen LogP contribution in [0.3, 0.4) is 0 Å². The van der Waals surface area contributed by atoms with Crippen LogP contribution in [-0.2, 0) is 13.0 Å². The van der Waals surface area contributed by atoms with E-state index < -0.39 is 0 Å². The molecule has 1 aromatic rings. The van der Waals surface area contributed by atoms with Crippen LogP contribution in [-0.4, -0.2) is 16.4 Å². The Hall–Kier alpha value is -1.28. The van der Waals surface area contributed by atoms with Gasteiger partial charge in [-0.1, -0.05) is 0 Å². The molecule has 1 aliphatic heterocycles. The Balaban J connectivity index is 2.29. The summed E-state index contributed by atoms with van der Waals surface area (Å²) < 4.78 is 0. The number of aromatic nitrogens is 1. The Morgan fingerprint density at radius 2 is 2.50 bits per heavy atom. The quantitative estimate of drug-likeness (QED) is 0.592. The Morgan fingerprint density at radius 3 is 3.25 bits per heavy atom. The highest BCUT2D eigenvalue weighted by Gasteiger charge is 2.18. The van der Waals surface area contributed by atoms with Crippen LogP contribution < -0.4 is 5.73 Å². The summed E-state index contributed by atoms with van der Waals surface area (Å²) >= 11 is 1.48. The summed E-state index contributed by atoms with van der Waals surface area (Å²) in [5, 5.41) is 9.26. The second kappa shape index (κ2) is 2.64. The standard InChI is InChI=1S/C7H8N4S/c8-4-11-2-1-5-6(3-11)12-7(9)10-5/h1-3H2,(H2,9,10). The van der Waals surface area contributed by atoms with E-state index in [4.69, 9.17) is 11.0 Å². The molecule has 12 heavy (non-hydrogen) atoms. The predicted molar refractivity (Wildman–Crippen MR) is 46.3 cm³/mol. The van der Waals surface area contributed by atoms with E-state index in [1.54, 1.807) is 4.90 Å². The Kier molecular flexibility index (Phi) is 1.62. The number of nitriles is 1. The van der Waals surface area contributed by atoms with Crippen LogP contribution in [0.4, 0.5) is 5.13 Å². The lowest BCUT2D eigenvalue weighted by Gasteiger charge is -2.19. The molecule has 0 amide bonds. The number of fused-ring (bicyclic) bond motifs is 1. The number of nitrogen functional groups attached to an aromatic ring is 1. The van der Waals surface area contributed by atoms with E-state index >= 15 is 0 Å². The maximum Gasteiger partial charge on any atom is 0.180 e. The summed E-state index contributed by atoms with van der Waals surface area (Å²) in [5.41, 5.74) is 6.62. The van der Waals surface area contributed by atoms with Gasteiger partial charge in [0.1, 0.15) is 0 Å². The molecule has 2 heterocycles. The summed E-state index contributed by atoms with van der Waals surface area (Å²) in [6.45, 7) is 1.45. The second-order valence-corrected chi connectivity index (χ2v) is 3.81. The van der Waals surface area contributed by atoms with Crippen LogP contribution in [0.25, 0.3) is 0 Å². The largest absolute Gasteiger partial charge is 0.375 e. The lowest BCUT2D eigenvalue weighted by atomic mass is 10.2. The van der Waals surface area contributed by atoms with Gasteiger partial charge in [-0.25, -0.2) is 4.98 Å². The average Bonchev–Trinajstić information content (AvgIpc) is 2.43. The minimum absolute atomic E-state index is 0.611. The Morgan fingerprint density at radius 1 is 1.67 bits per heavy atom. The van der Waals surface area contributed by atoms with E-state index in [9.17, 15) is 0 Å². The fraction of sp³-hybridized carbons (Fsp3) is 0.429. The highest BCUT2D eigenvalue weighted by molar-refractivity contribution is 7.15. The first-order valence-corrected chi connectivity index (χ1v) is 4.50. The van der Waals surface area contributed by atoms with Gasteiger partial charge in [0.15, 0.2) is 11.3 Å². The van der Waals surface area contributed by atoms with Crippen LogP contribution in [0.1, 0.15) is 10.6 Å². The molecule has 0 spiro atoms. The van der Waals surface area contributed by atoms with E-state index in [1.165, 1.54) is 11.3 Å². The van der Waals surface area contributed by atoms with E-state index in [0.717, 1.165) is 23.5 Å². The van der Waals surface area contributed by atoms with Crippen LogP contribution in [0.5, 0.6) is 0 Å². The highest BCUT2D eigenvalue weighted by Crippen LogP contribution is 2.25. The smallest absolute Gasteiger partial charge is 0.180 e.